The first-order chi connectivity index (χ1) is 13.0. The highest BCUT2D eigenvalue weighted by atomic mass is 127. The van der Waals surface area contributed by atoms with Crippen molar-refractivity contribution in [2.45, 2.75) is 52.1 Å². The largest absolute Gasteiger partial charge is 0.497 e. The van der Waals surface area contributed by atoms with E-state index >= 15 is 0 Å². The number of guanidine groups is 1. The Labute approximate surface area is 186 Å². The van der Waals surface area contributed by atoms with Gasteiger partial charge in [0.05, 0.1) is 13.7 Å². The molecule has 6 nitrogen and oxygen atoms in total. The lowest BCUT2D eigenvalue weighted by Crippen LogP contribution is -2.47. The molecule has 1 aliphatic carbocycles. The minimum atomic E-state index is -0.0581. The van der Waals surface area contributed by atoms with Gasteiger partial charge in [0.2, 0.25) is 5.91 Å². The van der Waals surface area contributed by atoms with E-state index in [1.165, 1.54) is 12.8 Å². The van der Waals surface area contributed by atoms with E-state index in [1.807, 2.05) is 24.3 Å². The van der Waals surface area contributed by atoms with Crippen LogP contribution in [0.1, 0.15) is 45.1 Å². The van der Waals surface area contributed by atoms with Gasteiger partial charge in [-0.05, 0) is 55.2 Å². The molecule has 1 amide bonds. The molecule has 0 unspecified atom stereocenters. The molecule has 1 saturated carbocycles. The molecule has 1 aromatic carbocycles. The van der Waals surface area contributed by atoms with Gasteiger partial charge in [-0.25, -0.2) is 0 Å². The number of hydrogen-bond donors (Lipinski definition) is 3. The van der Waals surface area contributed by atoms with Gasteiger partial charge in [-0.15, -0.1) is 24.0 Å². The smallest absolute Gasteiger partial charge is 0.239 e. The number of carbonyl (C=O) groups is 1. The van der Waals surface area contributed by atoms with Crippen LogP contribution in [0.2, 0.25) is 0 Å². The predicted molar refractivity (Wildman–Crippen MR) is 125 cm³/mol. The first-order valence-corrected chi connectivity index (χ1v) is 9.88. The predicted octanol–water partition coefficient (Wildman–Crippen LogP) is 3.31. The summed E-state index contributed by atoms with van der Waals surface area (Å²) in [6.07, 6.45) is 4.84. The lowest BCUT2D eigenvalue weighted by atomic mass is 9.80. The normalized spacial score (nSPS) is 19.5. The zero-order valence-corrected chi connectivity index (χ0v) is 19.8. The van der Waals surface area contributed by atoms with Gasteiger partial charge in [0.1, 0.15) is 5.75 Å². The Kier molecular flexibility index (Phi) is 11.3. The van der Waals surface area contributed by atoms with Crippen molar-refractivity contribution in [2.24, 2.45) is 16.8 Å². The van der Waals surface area contributed by atoms with Crippen molar-refractivity contribution in [3.05, 3.63) is 29.8 Å². The van der Waals surface area contributed by atoms with Crippen LogP contribution >= 0.6 is 24.0 Å². The average molecular weight is 502 g/mol. The minimum Gasteiger partial charge on any atom is -0.497 e. The molecule has 0 saturated heterocycles. The Morgan fingerprint density at radius 2 is 1.79 bits per heavy atom. The van der Waals surface area contributed by atoms with Gasteiger partial charge in [0.15, 0.2) is 5.96 Å². The number of aliphatic imine (C=N–C) groups is 1. The van der Waals surface area contributed by atoms with Crippen LogP contribution < -0.4 is 20.7 Å². The Balaban J connectivity index is 0.00000392. The number of benzene rings is 1. The zero-order chi connectivity index (χ0) is 19.6. The summed E-state index contributed by atoms with van der Waals surface area (Å²) in [5.41, 5.74) is 1.04. The molecule has 0 spiro atoms. The van der Waals surface area contributed by atoms with E-state index in [0.29, 0.717) is 18.5 Å². The van der Waals surface area contributed by atoms with Crippen LogP contribution in [0.4, 0.5) is 0 Å². The van der Waals surface area contributed by atoms with E-state index < -0.39 is 0 Å². The SMILES string of the molecule is CN=C(NCC(=O)NCc1ccc(OC)cc1)NC1CCC(C(C)C)CC1.I. The molecule has 0 radical (unpaired) electrons. The average Bonchev–Trinajstić information content (AvgIpc) is 2.70. The van der Waals surface area contributed by atoms with E-state index in [-0.39, 0.29) is 36.4 Å². The van der Waals surface area contributed by atoms with Crippen LogP contribution in [-0.4, -0.2) is 38.6 Å². The van der Waals surface area contributed by atoms with Crippen LogP contribution in [-0.2, 0) is 11.3 Å². The van der Waals surface area contributed by atoms with Crippen molar-refractivity contribution >= 4 is 35.8 Å². The van der Waals surface area contributed by atoms with Gasteiger partial charge in [0, 0.05) is 19.6 Å². The summed E-state index contributed by atoms with van der Waals surface area (Å²) < 4.78 is 5.13. The number of carbonyl (C=O) groups excluding carboxylic acids is 1. The summed E-state index contributed by atoms with van der Waals surface area (Å²) in [6.45, 7) is 5.32. The van der Waals surface area contributed by atoms with Gasteiger partial charge in [0.25, 0.3) is 0 Å². The fraction of sp³-hybridized carbons (Fsp3) is 0.619. The van der Waals surface area contributed by atoms with E-state index in [4.69, 9.17) is 4.74 Å². The van der Waals surface area contributed by atoms with E-state index in [2.05, 4.69) is 34.8 Å². The molecule has 0 aliphatic heterocycles. The summed E-state index contributed by atoms with van der Waals surface area (Å²) in [6, 6.07) is 8.11. The lowest BCUT2D eigenvalue weighted by Gasteiger charge is -2.32. The van der Waals surface area contributed by atoms with Crippen LogP contribution in [0.3, 0.4) is 0 Å². The number of amides is 1. The van der Waals surface area contributed by atoms with Gasteiger partial charge >= 0.3 is 0 Å². The molecule has 158 valence electrons. The van der Waals surface area contributed by atoms with Gasteiger partial charge in [-0.3, -0.25) is 9.79 Å². The third-order valence-electron chi connectivity index (χ3n) is 5.34. The molecule has 3 N–H and O–H groups in total. The minimum absolute atomic E-state index is 0. The third-order valence-corrected chi connectivity index (χ3v) is 5.34. The Morgan fingerprint density at radius 1 is 1.14 bits per heavy atom. The number of rotatable bonds is 7. The maximum Gasteiger partial charge on any atom is 0.239 e. The second-order valence-electron chi connectivity index (χ2n) is 7.55. The van der Waals surface area contributed by atoms with E-state index in [1.54, 1.807) is 14.2 Å². The van der Waals surface area contributed by atoms with Crippen LogP contribution in [0.15, 0.2) is 29.3 Å². The molecule has 1 fully saturated rings. The number of ether oxygens (including phenoxy) is 1. The standard InChI is InChI=1S/C21H34N4O2.HI/c1-15(2)17-7-9-18(10-8-17)25-21(22-3)24-14-20(26)23-13-16-5-11-19(27-4)12-6-16;/h5-6,11-12,15,17-18H,7-10,13-14H2,1-4H3,(H,23,26)(H2,22,24,25);1H. The lowest BCUT2D eigenvalue weighted by molar-refractivity contribution is -0.120. The molecule has 0 heterocycles. The van der Waals surface area contributed by atoms with Crippen molar-refractivity contribution in [3.8, 4) is 5.75 Å². The summed E-state index contributed by atoms with van der Waals surface area (Å²) >= 11 is 0. The summed E-state index contributed by atoms with van der Waals surface area (Å²) in [5.74, 6) is 3.04. The highest BCUT2D eigenvalue weighted by molar-refractivity contribution is 14.0. The zero-order valence-electron chi connectivity index (χ0n) is 17.5. The van der Waals surface area contributed by atoms with Gasteiger partial charge in [-0.1, -0.05) is 26.0 Å². The maximum absolute atomic E-state index is 12.1. The number of nitrogens with zero attached hydrogens (tertiary/aromatic N) is 1. The fourth-order valence-corrected chi connectivity index (χ4v) is 3.49. The van der Waals surface area contributed by atoms with Gasteiger partial charge < -0.3 is 20.7 Å². The molecule has 1 aromatic rings. The molecule has 2 rings (SSSR count). The monoisotopic (exact) mass is 502 g/mol. The second kappa shape index (κ2) is 12.9. The van der Waals surface area contributed by atoms with E-state index in [0.717, 1.165) is 36.0 Å². The third kappa shape index (κ3) is 8.24. The first kappa shape index (κ1) is 24.5. The van der Waals surface area contributed by atoms with Crippen LogP contribution in [0.25, 0.3) is 0 Å². The maximum atomic E-state index is 12.1. The molecule has 1 aliphatic rings. The summed E-state index contributed by atoms with van der Waals surface area (Å²) in [4.78, 5) is 16.3. The van der Waals surface area contributed by atoms with Crippen molar-refractivity contribution in [2.75, 3.05) is 20.7 Å². The number of halogens is 1. The van der Waals surface area contributed by atoms with Crippen LogP contribution in [0, 0.1) is 11.8 Å². The van der Waals surface area contributed by atoms with E-state index in [9.17, 15) is 4.79 Å². The molecule has 0 atom stereocenters. The molecular formula is C21H35IN4O2. The Bertz CT molecular complexity index is 611. The highest BCUT2D eigenvalue weighted by Crippen LogP contribution is 2.29. The molecule has 0 aromatic heterocycles. The highest BCUT2D eigenvalue weighted by Gasteiger charge is 2.23. The number of nitrogens with one attached hydrogen (secondary N) is 3. The molecule has 28 heavy (non-hydrogen) atoms. The van der Waals surface area contributed by atoms with Crippen molar-refractivity contribution < 1.29 is 9.53 Å². The van der Waals surface area contributed by atoms with Crippen molar-refractivity contribution in [1.82, 2.24) is 16.0 Å². The Hall–Kier alpha value is -1.51. The number of hydrogen-bond acceptors (Lipinski definition) is 3. The van der Waals surface area contributed by atoms with Crippen LogP contribution in [0.5, 0.6) is 5.75 Å². The molecule has 0 bridgehead atoms. The Morgan fingerprint density at radius 3 is 2.32 bits per heavy atom. The summed E-state index contributed by atoms with van der Waals surface area (Å²) in [5, 5.41) is 9.48. The first-order valence-electron chi connectivity index (χ1n) is 9.88. The van der Waals surface area contributed by atoms with Crippen molar-refractivity contribution in [1.29, 1.82) is 0 Å². The molecule has 7 heteroatoms. The van der Waals surface area contributed by atoms with Crippen molar-refractivity contribution in [3.63, 3.8) is 0 Å². The quantitative estimate of drug-likeness (QED) is 0.304. The topological polar surface area (TPSA) is 74.8 Å². The second-order valence-corrected chi connectivity index (χ2v) is 7.55. The molecular weight excluding hydrogens is 467 g/mol. The number of methoxy groups -OCH3 is 1. The summed E-state index contributed by atoms with van der Waals surface area (Å²) in [7, 11) is 3.38. The van der Waals surface area contributed by atoms with Gasteiger partial charge in [-0.2, -0.15) is 0 Å². The fourth-order valence-electron chi connectivity index (χ4n) is 3.49.